The number of rotatable bonds is 5. The zero-order valence-corrected chi connectivity index (χ0v) is 14.7. The summed E-state index contributed by atoms with van der Waals surface area (Å²) in [7, 11) is 0. The summed E-state index contributed by atoms with van der Waals surface area (Å²) in [5, 5.41) is 6.19. The maximum atomic E-state index is 12.1. The zero-order chi connectivity index (χ0) is 17.5. The molecule has 1 aromatic carbocycles. The average molecular weight is 333 g/mol. The molecule has 1 fully saturated rings. The number of ether oxygens (including phenoxy) is 1. The van der Waals surface area contributed by atoms with Gasteiger partial charge in [0.1, 0.15) is 0 Å². The number of aryl methyl sites for hydroxylation is 2. The maximum absolute atomic E-state index is 12.1. The van der Waals surface area contributed by atoms with E-state index in [2.05, 4.69) is 16.7 Å². The predicted molar refractivity (Wildman–Crippen MR) is 94.2 cm³/mol. The molecule has 1 aliphatic heterocycles. The number of nitrogens with one attached hydrogen (secondary N) is 2. The molecular weight excluding hydrogens is 306 g/mol. The Hall–Kier alpha value is -2.08. The summed E-state index contributed by atoms with van der Waals surface area (Å²) >= 11 is 0. The maximum Gasteiger partial charge on any atom is 0.409 e. The van der Waals surface area contributed by atoms with Crippen molar-refractivity contribution in [3.63, 3.8) is 0 Å². The third kappa shape index (κ3) is 5.53. The molecule has 0 atom stereocenters. The van der Waals surface area contributed by atoms with E-state index in [4.69, 9.17) is 4.74 Å². The number of nitrogens with zero attached hydrogens (tertiary/aromatic N) is 1. The van der Waals surface area contributed by atoms with E-state index in [9.17, 15) is 9.59 Å². The fourth-order valence-electron chi connectivity index (χ4n) is 2.97. The molecule has 2 amide bonds. The van der Waals surface area contributed by atoms with Crippen LogP contribution < -0.4 is 10.6 Å². The summed E-state index contributed by atoms with van der Waals surface area (Å²) in [6.45, 7) is 7.83. The molecule has 0 aromatic heterocycles. The first kappa shape index (κ1) is 18.3. The minimum Gasteiger partial charge on any atom is -0.450 e. The molecule has 6 heteroatoms. The van der Waals surface area contributed by atoms with Crippen LogP contribution in [0.4, 0.5) is 10.5 Å². The third-order valence-electron chi connectivity index (χ3n) is 4.08. The number of piperidine rings is 1. The topological polar surface area (TPSA) is 70.7 Å². The van der Waals surface area contributed by atoms with Crippen LogP contribution >= 0.6 is 0 Å². The van der Waals surface area contributed by atoms with E-state index in [1.807, 2.05) is 26.0 Å². The highest BCUT2D eigenvalue weighted by atomic mass is 16.6. The average Bonchev–Trinajstić information content (AvgIpc) is 2.52. The van der Waals surface area contributed by atoms with Gasteiger partial charge in [-0.2, -0.15) is 0 Å². The smallest absolute Gasteiger partial charge is 0.409 e. The van der Waals surface area contributed by atoms with Crippen LogP contribution in [-0.4, -0.2) is 49.2 Å². The van der Waals surface area contributed by atoms with Gasteiger partial charge in [-0.1, -0.05) is 6.07 Å². The molecule has 1 aliphatic rings. The van der Waals surface area contributed by atoms with E-state index in [1.54, 1.807) is 11.8 Å². The Bertz CT molecular complexity index is 561. The number of carbonyl (C=O) groups excluding carboxylic acids is 2. The molecule has 0 unspecified atom stereocenters. The number of hydrogen-bond donors (Lipinski definition) is 2. The van der Waals surface area contributed by atoms with Crippen LogP contribution in [0.5, 0.6) is 0 Å². The monoisotopic (exact) mass is 333 g/mol. The van der Waals surface area contributed by atoms with Gasteiger partial charge in [0.15, 0.2) is 0 Å². The van der Waals surface area contributed by atoms with Crippen molar-refractivity contribution in [1.82, 2.24) is 10.2 Å². The minimum atomic E-state index is -0.247. The quantitative estimate of drug-likeness (QED) is 0.868. The van der Waals surface area contributed by atoms with Crippen molar-refractivity contribution in [3.8, 4) is 0 Å². The summed E-state index contributed by atoms with van der Waals surface area (Å²) in [5.41, 5.74) is 3.09. The number of likely N-dealkylation sites (tertiary alicyclic amines) is 1. The van der Waals surface area contributed by atoms with Gasteiger partial charge in [0, 0.05) is 24.8 Å². The fourth-order valence-corrected chi connectivity index (χ4v) is 2.97. The van der Waals surface area contributed by atoms with Gasteiger partial charge in [0.2, 0.25) is 5.91 Å². The molecule has 2 N–H and O–H groups in total. The van der Waals surface area contributed by atoms with E-state index in [1.165, 1.54) is 0 Å². The molecule has 0 radical (unpaired) electrons. The van der Waals surface area contributed by atoms with E-state index in [0.29, 0.717) is 19.7 Å². The lowest BCUT2D eigenvalue weighted by Crippen LogP contribution is -2.46. The highest BCUT2D eigenvalue weighted by molar-refractivity contribution is 5.92. The van der Waals surface area contributed by atoms with Crippen LogP contribution in [0.2, 0.25) is 0 Å². The Labute approximate surface area is 143 Å². The van der Waals surface area contributed by atoms with Gasteiger partial charge < -0.3 is 20.3 Å². The first-order valence-electron chi connectivity index (χ1n) is 8.51. The van der Waals surface area contributed by atoms with Crippen LogP contribution in [0, 0.1) is 13.8 Å². The first-order chi connectivity index (χ1) is 11.5. The lowest BCUT2D eigenvalue weighted by atomic mass is 10.1. The van der Waals surface area contributed by atoms with Crippen molar-refractivity contribution in [3.05, 3.63) is 29.3 Å². The summed E-state index contributed by atoms with van der Waals surface area (Å²) in [5.74, 6) is -0.0483. The molecule has 1 aromatic rings. The fraction of sp³-hybridized carbons (Fsp3) is 0.556. The molecule has 1 saturated heterocycles. The molecule has 6 nitrogen and oxygen atoms in total. The Morgan fingerprint density at radius 1 is 1.17 bits per heavy atom. The molecule has 132 valence electrons. The number of benzene rings is 1. The van der Waals surface area contributed by atoms with Crippen LogP contribution in [-0.2, 0) is 9.53 Å². The van der Waals surface area contributed by atoms with Gasteiger partial charge in [-0.3, -0.25) is 4.79 Å². The number of amides is 2. The van der Waals surface area contributed by atoms with E-state index in [-0.39, 0.29) is 24.6 Å². The van der Waals surface area contributed by atoms with E-state index in [0.717, 1.165) is 29.7 Å². The van der Waals surface area contributed by atoms with Gasteiger partial charge in [-0.25, -0.2) is 4.79 Å². The van der Waals surface area contributed by atoms with Gasteiger partial charge in [-0.05, 0) is 56.9 Å². The second-order valence-electron chi connectivity index (χ2n) is 6.27. The Morgan fingerprint density at radius 2 is 1.79 bits per heavy atom. The van der Waals surface area contributed by atoms with Crippen LogP contribution in [0.25, 0.3) is 0 Å². The van der Waals surface area contributed by atoms with E-state index >= 15 is 0 Å². The molecule has 0 spiro atoms. The highest BCUT2D eigenvalue weighted by Crippen LogP contribution is 2.14. The summed E-state index contributed by atoms with van der Waals surface area (Å²) < 4.78 is 5.00. The van der Waals surface area contributed by atoms with Gasteiger partial charge in [0.05, 0.1) is 13.2 Å². The predicted octanol–water partition coefficient (Wildman–Crippen LogP) is 2.45. The van der Waals surface area contributed by atoms with Crippen molar-refractivity contribution in [2.24, 2.45) is 0 Å². The number of hydrogen-bond acceptors (Lipinski definition) is 4. The Kier molecular flexibility index (Phi) is 6.61. The van der Waals surface area contributed by atoms with Crippen LogP contribution in [0.3, 0.4) is 0 Å². The largest absolute Gasteiger partial charge is 0.450 e. The number of carbonyl (C=O) groups is 2. The highest BCUT2D eigenvalue weighted by Gasteiger charge is 2.23. The lowest BCUT2D eigenvalue weighted by Gasteiger charge is -2.31. The van der Waals surface area contributed by atoms with Crippen molar-refractivity contribution >= 4 is 17.7 Å². The summed E-state index contributed by atoms with van der Waals surface area (Å²) in [6.07, 6.45) is 1.41. The Balaban J connectivity index is 1.72. The normalized spacial score (nSPS) is 15.2. The minimum absolute atomic E-state index is 0.0483. The molecule has 2 rings (SSSR count). The second kappa shape index (κ2) is 8.68. The van der Waals surface area contributed by atoms with Crippen LogP contribution in [0.1, 0.15) is 30.9 Å². The van der Waals surface area contributed by atoms with Crippen molar-refractivity contribution in [2.45, 2.75) is 39.7 Å². The van der Waals surface area contributed by atoms with Gasteiger partial charge in [0.25, 0.3) is 0 Å². The van der Waals surface area contributed by atoms with E-state index < -0.39 is 0 Å². The lowest BCUT2D eigenvalue weighted by molar-refractivity contribution is -0.115. The summed E-state index contributed by atoms with van der Waals surface area (Å²) in [6, 6.07) is 6.25. The molecule has 1 heterocycles. The molecule has 0 bridgehead atoms. The van der Waals surface area contributed by atoms with Gasteiger partial charge in [-0.15, -0.1) is 0 Å². The SMILES string of the molecule is CCOC(=O)N1CCC(NCC(=O)Nc2cc(C)cc(C)c2)CC1. The molecule has 0 aliphatic carbocycles. The standard InChI is InChI=1S/C18H27N3O3/c1-4-24-18(23)21-7-5-15(6-8-21)19-12-17(22)20-16-10-13(2)9-14(3)11-16/h9-11,15,19H,4-8,12H2,1-3H3,(H,20,22). The molecule has 0 saturated carbocycles. The first-order valence-corrected chi connectivity index (χ1v) is 8.51. The molecular formula is C18H27N3O3. The van der Waals surface area contributed by atoms with Crippen molar-refractivity contribution < 1.29 is 14.3 Å². The Morgan fingerprint density at radius 3 is 2.38 bits per heavy atom. The number of anilines is 1. The van der Waals surface area contributed by atoms with Crippen molar-refractivity contribution in [1.29, 1.82) is 0 Å². The second-order valence-corrected chi connectivity index (χ2v) is 6.27. The van der Waals surface area contributed by atoms with Crippen LogP contribution in [0.15, 0.2) is 18.2 Å². The molecule has 24 heavy (non-hydrogen) atoms. The zero-order valence-electron chi connectivity index (χ0n) is 14.7. The van der Waals surface area contributed by atoms with Crippen molar-refractivity contribution in [2.75, 3.05) is 31.6 Å². The third-order valence-corrected chi connectivity index (χ3v) is 4.08. The summed E-state index contributed by atoms with van der Waals surface area (Å²) in [4.78, 5) is 25.4. The van der Waals surface area contributed by atoms with Gasteiger partial charge >= 0.3 is 6.09 Å².